The predicted molar refractivity (Wildman–Crippen MR) is 455 cm³/mol. The number of methoxy groups -OCH3 is 1. The number of halogens is 1. The van der Waals surface area contributed by atoms with Gasteiger partial charge in [0.05, 0.1) is 39.1 Å². The van der Waals surface area contributed by atoms with Crippen molar-refractivity contribution in [1.29, 1.82) is 0 Å². The van der Waals surface area contributed by atoms with Gasteiger partial charge < -0.3 is 105 Å². The summed E-state index contributed by atoms with van der Waals surface area (Å²) in [5.41, 5.74) is 5.94. The molecule has 13 amide bonds. The van der Waals surface area contributed by atoms with Gasteiger partial charge in [-0.15, -0.1) is 0 Å². The number of aliphatic hydroxyl groups excluding tert-OH is 1. The monoisotopic (exact) mass is 1780 g/mol. The zero-order valence-electron chi connectivity index (χ0n) is 68.6. The largest absolute Gasteiger partial charge is 0.497 e. The first-order chi connectivity index (χ1) is 58.4. The molecule has 0 saturated carbocycles. The molecule has 2 bridgehead atoms. The van der Waals surface area contributed by atoms with Gasteiger partial charge >= 0.3 is 17.9 Å². The molecule has 2 fully saturated rings. The molecule has 37 nitrogen and oxygen atoms in total. The van der Waals surface area contributed by atoms with E-state index in [4.69, 9.17) is 10.5 Å². The van der Waals surface area contributed by atoms with Crippen LogP contribution in [-0.4, -0.2) is 246 Å². The summed E-state index contributed by atoms with van der Waals surface area (Å²) >= 11 is 0. The van der Waals surface area contributed by atoms with E-state index in [0.717, 1.165) is 67.6 Å². The zero-order valence-corrected chi connectivity index (χ0v) is 71.9. The lowest BCUT2D eigenvalue weighted by Gasteiger charge is -2.33. The van der Waals surface area contributed by atoms with Crippen LogP contribution in [0.4, 0.5) is 4.39 Å². The number of amides is 13. The molecule has 0 aliphatic carbocycles. The van der Waals surface area contributed by atoms with E-state index < -0.39 is 246 Å². The second kappa shape index (κ2) is 47.9. The van der Waals surface area contributed by atoms with E-state index >= 15 is 28.4 Å². The van der Waals surface area contributed by atoms with Crippen molar-refractivity contribution in [2.45, 2.75) is 190 Å². The van der Waals surface area contributed by atoms with Crippen LogP contribution >= 0.6 is 43.2 Å². The van der Waals surface area contributed by atoms with Gasteiger partial charge in [-0.05, 0) is 117 Å². The molecule has 42 heteroatoms. The molecule has 7 rings (SSSR count). The van der Waals surface area contributed by atoms with Gasteiger partial charge in [0.2, 0.25) is 76.8 Å². The van der Waals surface area contributed by atoms with Crippen molar-refractivity contribution in [1.82, 2.24) is 79.1 Å². The molecule has 2 aliphatic rings. The maximum Gasteiger partial charge on any atom is 0.327 e. The number of aryl methyl sites for hydroxylation is 2. The first-order valence-corrected chi connectivity index (χ1v) is 44.4. The van der Waals surface area contributed by atoms with E-state index in [2.05, 4.69) is 79.1 Å². The molecule has 20 N–H and O–H groups in total. The minimum absolute atomic E-state index is 0.0192. The highest BCUT2D eigenvalue weighted by molar-refractivity contribution is 8.77. The Morgan fingerprint density at radius 1 is 0.667 bits per heavy atom. The number of aromatic amines is 1. The van der Waals surface area contributed by atoms with E-state index in [1.807, 2.05) is 31.2 Å². The summed E-state index contributed by atoms with van der Waals surface area (Å²) in [5.74, 6) is -22.4. The van der Waals surface area contributed by atoms with Crippen LogP contribution in [0, 0.1) is 11.7 Å². The van der Waals surface area contributed by atoms with E-state index in [1.54, 1.807) is 62.4 Å². The molecule has 0 radical (unpaired) electrons. The van der Waals surface area contributed by atoms with Crippen molar-refractivity contribution in [2.24, 2.45) is 11.7 Å². The van der Waals surface area contributed by atoms with E-state index in [0.29, 0.717) is 40.6 Å². The fourth-order valence-corrected chi connectivity index (χ4v) is 17.5. The van der Waals surface area contributed by atoms with Gasteiger partial charge in [0.15, 0.2) is 0 Å². The maximum atomic E-state index is 16.0. The number of ether oxygens (including phenoxy) is 1. The van der Waals surface area contributed by atoms with Crippen LogP contribution in [0.5, 0.6) is 5.75 Å². The Morgan fingerprint density at radius 3 is 1.90 bits per heavy atom. The number of fused-ring (bicyclic) bond motifs is 8. The topological polar surface area (TPSA) is 574 Å². The quantitative estimate of drug-likeness (QED) is 0.0272. The standard InChI is InChI=1S/C81H105FN16O21S4/c1-8-46-31-50(119-7)25-26-51(46)47-23-21-45(22-24-47)30-57-71(109)88-54(20-14-17-44-15-10-9-11-16-44)69(107)89-56(29-43(2)3)70(108)93-60-38-120-122-40-62(87-64(100)36-85-68(106)55(27-28-65(101)102)95-78(117)80(4,5)97-67(105)53(83)32-49-35-84-42-86-49)76(114)98-81(6,34-48-18-12-13-19-52(48)82)79(118)96-61(39-121-123-41-63(77(115)116)94-74(60)112)75(113)92-59(37-99)73(111)91-58(33-66(103)104)72(110)90-57/h9-13,15-16,18-19,21-26,31,35,42-43,53-63,99H,8,14,17,20,27-30,32-34,36-41,83H2,1-7H3,(H,84,86)(H,85,106)(H,87,100)(H,88,109)(H,89,107)(H,90,110)(H,91,111)(H,92,113)(H,93,108)(H,94,112)(H,95,117)(H,96,118)(H,97,105)(H,98,114)(H,101,102)(H,103,104)(H,115,116)/t53-,54-,55-,56-,57-,58-,59-,60-,61-,62-,63-,81?/m0/s1. The van der Waals surface area contributed by atoms with Crippen LogP contribution in [0.15, 0.2) is 110 Å². The van der Waals surface area contributed by atoms with E-state index in [-0.39, 0.29) is 37.7 Å². The number of nitrogens with one attached hydrogen (secondary N) is 14. The highest BCUT2D eigenvalue weighted by Gasteiger charge is 2.43. The minimum Gasteiger partial charge on any atom is -0.497 e. The smallest absolute Gasteiger partial charge is 0.327 e. The number of benzene rings is 4. The highest BCUT2D eigenvalue weighted by Crippen LogP contribution is 2.31. The lowest BCUT2D eigenvalue weighted by Crippen LogP contribution is -2.65. The Kier molecular flexibility index (Phi) is 38.5. The van der Waals surface area contributed by atoms with Crippen molar-refractivity contribution in [3.05, 3.63) is 143 Å². The van der Waals surface area contributed by atoms with Crippen molar-refractivity contribution < 1.29 is 106 Å². The number of nitrogens with zero attached hydrogens (tertiary/aromatic N) is 1. The number of hydrogen-bond donors (Lipinski definition) is 19. The van der Waals surface area contributed by atoms with Gasteiger partial charge in [-0.25, -0.2) is 14.2 Å². The average Bonchev–Trinajstić information content (AvgIpc) is 1.17. The number of nitrogens with two attached hydrogens (primary N) is 1. The number of carbonyl (C=O) groups is 16. The van der Waals surface area contributed by atoms with Crippen LogP contribution in [0.3, 0.4) is 0 Å². The normalized spacial score (nSPS) is 22.1. The second-order valence-corrected chi connectivity index (χ2v) is 35.5. The first-order valence-electron chi connectivity index (χ1n) is 39.4. The van der Waals surface area contributed by atoms with Gasteiger partial charge in [0.1, 0.15) is 83.1 Å². The third-order valence-corrected chi connectivity index (χ3v) is 24.5. The van der Waals surface area contributed by atoms with Gasteiger partial charge in [-0.2, -0.15) is 0 Å². The Morgan fingerprint density at radius 2 is 1.27 bits per heavy atom. The third kappa shape index (κ3) is 31.2. The summed E-state index contributed by atoms with van der Waals surface area (Å²) in [4.78, 5) is 235. The number of H-pyrrole nitrogens is 1. The summed E-state index contributed by atoms with van der Waals surface area (Å²) in [6, 6.07) is 7.13. The Balaban J connectivity index is 1.31. The number of carbonyl (C=O) groups excluding carboxylic acids is 13. The fraction of sp³-hybridized carbons (Fsp3) is 0.469. The molecular weight excluding hydrogens is 1680 g/mol. The van der Waals surface area contributed by atoms with Crippen molar-refractivity contribution >= 4 is 138 Å². The van der Waals surface area contributed by atoms with Crippen LogP contribution < -0.4 is 79.6 Å². The summed E-state index contributed by atoms with van der Waals surface area (Å²) in [6.45, 7) is 6.71. The lowest BCUT2D eigenvalue weighted by molar-refractivity contribution is -0.142. The van der Waals surface area contributed by atoms with Gasteiger partial charge in [-0.3, -0.25) is 71.9 Å². The number of rotatable bonds is 30. The van der Waals surface area contributed by atoms with Crippen LogP contribution in [0.2, 0.25) is 0 Å². The highest BCUT2D eigenvalue weighted by atomic mass is 33.1. The summed E-state index contributed by atoms with van der Waals surface area (Å²) in [7, 11) is 4.49. The van der Waals surface area contributed by atoms with Crippen LogP contribution in [0.25, 0.3) is 11.1 Å². The molecule has 123 heavy (non-hydrogen) atoms. The van der Waals surface area contributed by atoms with Crippen LogP contribution in [-0.2, 0) is 109 Å². The lowest BCUT2D eigenvalue weighted by atomic mass is 9.90. The molecule has 2 aliphatic heterocycles. The molecule has 3 heterocycles. The summed E-state index contributed by atoms with van der Waals surface area (Å²) in [5, 5.41) is 73.8. The molecular formula is C81H105FN16O21S4. The predicted octanol–water partition coefficient (Wildman–Crippen LogP) is 0.151. The van der Waals surface area contributed by atoms with Gasteiger partial charge in [-0.1, -0.05) is 143 Å². The Hall–Kier alpha value is -11.3. The minimum atomic E-state index is -2.42. The summed E-state index contributed by atoms with van der Waals surface area (Å²) in [6.07, 6.45) is 0.0812. The average molecular weight is 1790 g/mol. The number of aromatic nitrogens is 2. The molecule has 4 aromatic carbocycles. The molecule has 666 valence electrons. The van der Waals surface area contributed by atoms with E-state index in [1.165, 1.54) is 51.7 Å². The second-order valence-electron chi connectivity index (χ2n) is 30.4. The van der Waals surface area contributed by atoms with E-state index in [9.17, 15) is 73.2 Å². The van der Waals surface area contributed by atoms with Crippen molar-refractivity contribution in [3.63, 3.8) is 0 Å². The maximum absolute atomic E-state index is 16.0. The van der Waals surface area contributed by atoms with Gasteiger partial charge in [0.25, 0.3) is 0 Å². The third-order valence-electron chi connectivity index (χ3n) is 19.7. The van der Waals surface area contributed by atoms with Crippen molar-refractivity contribution in [2.75, 3.05) is 43.3 Å². The number of imidazole rings is 1. The van der Waals surface area contributed by atoms with Gasteiger partial charge in [0, 0.05) is 60.6 Å². The number of aliphatic hydroxyl groups is 1. The number of carboxylic acids is 3. The molecule has 2 saturated heterocycles. The Labute approximate surface area is 724 Å². The number of carboxylic acid groups (broad SMARTS) is 3. The number of hydrogen-bond acceptors (Lipinski definition) is 24. The molecule has 1 unspecified atom stereocenters. The zero-order chi connectivity index (χ0) is 90.3. The number of aliphatic carboxylic acids is 3. The molecule has 12 atom stereocenters. The van der Waals surface area contributed by atoms with Crippen LogP contribution in [0.1, 0.15) is 108 Å². The molecule has 0 spiro atoms. The molecule has 5 aromatic rings. The summed E-state index contributed by atoms with van der Waals surface area (Å²) < 4.78 is 21.4. The molecule has 1 aromatic heterocycles. The SMILES string of the molecule is CCc1cc(OC)ccc1-c1ccc(C[C@@H]2NC(=O)[C@H](CC(=O)O)NC(=O)[C@H](CO)NC(=O)[C@@H]3CSSC[C@@H](C(=O)O)NC(=O)[C@H](CSSC[C@H](NC(=O)CNC(=O)[C@H](CCC(=O)O)NC(=O)C(C)(C)NC(=O)[C@@H](N)Cc4cnc[nH]4)C(=O)NC(C)(Cc4ccccc4F)C(=O)N3)NC(=O)[C@H](CC(C)C)NC(=O)[C@H](CCCc3ccccc3)NC2=O)cc1. The van der Waals surface area contributed by atoms with Crippen molar-refractivity contribution in [3.8, 4) is 16.9 Å². The Bertz CT molecular complexity index is 4580. The first kappa shape index (κ1) is 98.8. The fourth-order valence-electron chi connectivity index (χ4n) is 12.8.